The Balaban J connectivity index is 3.21. The van der Waals surface area contributed by atoms with Gasteiger partial charge in [-0.25, -0.2) is 0 Å². The van der Waals surface area contributed by atoms with Gasteiger partial charge in [0.1, 0.15) is 0 Å². The predicted molar refractivity (Wildman–Crippen MR) is 66.1 cm³/mol. The van der Waals surface area contributed by atoms with Crippen molar-refractivity contribution in [3.8, 4) is 0 Å². The van der Waals surface area contributed by atoms with Crippen molar-refractivity contribution in [3.63, 3.8) is 0 Å². The predicted octanol–water partition coefficient (Wildman–Crippen LogP) is 4.04. The van der Waals surface area contributed by atoms with E-state index in [0.29, 0.717) is 0 Å². The van der Waals surface area contributed by atoms with Crippen LogP contribution < -0.4 is 0 Å². The molecule has 1 aromatic rings. The van der Waals surface area contributed by atoms with Gasteiger partial charge in [-0.2, -0.15) is 0 Å². The molecule has 0 amide bonds. The van der Waals surface area contributed by atoms with Crippen molar-refractivity contribution in [2.45, 2.75) is 31.1 Å². The fourth-order valence-corrected chi connectivity index (χ4v) is 1.86. The lowest BCUT2D eigenvalue weighted by atomic mass is 9.87. The molecular weight excluding hydrogens is 190 g/mol. The van der Waals surface area contributed by atoms with Gasteiger partial charge in [-0.1, -0.05) is 26.8 Å². The lowest BCUT2D eigenvalue weighted by Gasteiger charge is -2.20. The lowest BCUT2D eigenvalue weighted by molar-refractivity contribution is 0.589. The molecule has 0 bridgehead atoms. The van der Waals surface area contributed by atoms with Crippen LogP contribution in [-0.2, 0) is 5.41 Å². The molecule has 0 saturated heterocycles. The molecule has 0 heterocycles. The van der Waals surface area contributed by atoms with Gasteiger partial charge in [0.05, 0.1) is 5.69 Å². The number of benzene rings is 1. The van der Waals surface area contributed by atoms with Crippen LogP contribution in [0.1, 0.15) is 26.3 Å². The summed E-state index contributed by atoms with van der Waals surface area (Å²) in [6.45, 7) is 10.2. The third-order valence-corrected chi connectivity index (χ3v) is 2.98. The van der Waals surface area contributed by atoms with Gasteiger partial charge in [-0.3, -0.25) is 4.99 Å². The highest BCUT2D eigenvalue weighted by Gasteiger charge is 2.14. The van der Waals surface area contributed by atoms with Crippen LogP contribution in [0, 0.1) is 0 Å². The summed E-state index contributed by atoms with van der Waals surface area (Å²) in [4.78, 5) is 5.19. The highest BCUT2D eigenvalue weighted by Crippen LogP contribution is 2.32. The Hall–Kier alpha value is -0.760. The van der Waals surface area contributed by atoms with E-state index in [9.17, 15) is 0 Å². The Morgan fingerprint density at radius 1 is 1.29 bits per heavy atom. The molecule has 2 heteroatoms. The molecule has 1 rings (SSSR count). The highest BCUT2D eigenvalue weighted by molar-refractivity contribution is 7.98. The Morgan fingerprint density at radius 2 is 1.93 bits per heavy atom. The smallest absolute Gasteiger partial charge is 0.0758 e. The standard InChI is InChI=1S/C12H17NS/c1-12(2,3)9-6-7-10(13-4)11(8-9)14-5/h6-8H,4H2,1-3,5H3. The molecule has 0 fully saturated rings. The molecular formula is C12H17NS. The minimum Gasteiger partial charge on any atom is -0.263 e. The molecule has 0 radical (unpaired) electrons. The molecule has 14 heavy (non-hydrogen) atoms. The van der Waals surface area contributed by atoms with Crippen LogP contribution in [0.4, 0.5) is 5.69 Å². The van der Waals surface area contributed by atoms with Gasteiger partial charge in [0.25, 0.3) is 0 Å². The number of nitrogens with zero attached hydrogens (tertiary/aromatic N) is 1. The van der Waals surface area contributed by atoms with Crippen molar-refractivity contribution >= 4 is 24.2 Å². The van der Waals surface area contributed by atoms with Gasteiger partial charge in [0.15, 0.2) is 0 Å². The summed E-state index contributed by atoms with van der Waals surface area (Å²) >= 11 is 1.72. The topological polar surface area (TPSA) is 12.4 Å². The average molecular weight is 207 g/mol. The number of rotatable bonds is 2. The van der Waals surface area contributed by atoms with E-state index < -0.39 is 0 Å². The van der Waals surface area contributed by atoms with Crippen molar-refractivity contribution in [1.29, 1.82) is 0 Å². The summed E-state index contributed by atoms with van der Waals surface area (Å²) in [6, 6.07) is 6.37. The zero-order chi connectivity index (χ0) is 10.8. The summed E-state index contributed by atoms with van der Waals surface area (Å²) in [5, 5.41) is 0. The van der Waals surface area contributed by atoms with Crippen molar-refractivity contribution in [1.82, 2.24) is 0 Å². The van der Waals surface area contributed by atoms with Crippen molar-refractivity contribution in [2.75, 3.05) is 6.26 Å². The van der Waals surface area contributed by atoms with Crippen LogP contribution in [0.15, 0.2) is 28.1 Å². The van der Waals surface area contributed by atoms with E-state index in [-0.39, 0.29) is 5.41 Å². The first-order valence-corrected chi connectivity index (χ1v) is 5.86. The second-order valence-electron chi connectivity index (χ2n) is 4.29. The normalized spacial score (nSPS) is 11.4. The molecule has 0 saturated carbocycles. The van der Waals surface area contributed by atoms with E-state index in [4.69, 9.17) is 0 Å². The Labute approximate surface area is 90.6 Å². The number of hydrogen-bond donors (Lipinski definition) is 0. The van der Waals surface area contributed by atoms with Crippen LogP contribution in [0.25, 0.3) is 0 Å². The SMILES string of the molecule is C=Nc1ccc(C(C)(C)C)cc1SC. The first-order chi connectivity index (χ1) is 6.49. The summed E-state index contributed by atoms with van der Waals surface area (Å²) in [6.07, 6.45) is 2.07. The maximum atomic E-state index is 3.99. The Bertz CT molecular complexity index is 337. The second kappa shape index (κ2) is 4.18. The van der Waals surface area contributed by atoms with Crippen LogP contribution in [0.5, 0.6) is 0 Å². The van der Waals surface area contributed by atoms with Crippen molar-refractivity contribution in [3.05, 3.63) is 23.8 Å². The number of thioether (sulfide) groups is 1. The van der Waals surface area contributed by atoms with Gasteiger partial charge in [-0.15, -0.1) is 11.8 Å². The van der Waals surface area contributed by atoms with E-state index in [0.717, 1.165) is 5.69 Å². The maximum Gasteiger partial charge on any atom is 0.0758 e. The van der Waals surface area contributed by atoms with Gasteiger partial charge in [0, 0.05) is 4.90 Å². The Kier molecular flexibility index (Phi) is 3.38. The quantitative estimate of drug-likeness (QED) is 0.526. The highest BCUT2D eigenvalue weighted by atomic mass is 32.2. The number of hydrogen-bond acceptors (Lipinski definition) is 2. The first-order valence-electron chi connectivity index (χ1n) is 4.64. The van der Waals surface area contributed by atoms with Crippen molar-refractivity contribution < 1.29 is 0 Å². The fourth-order valence-electron chi connectivity index (χ4n) is 1.27. The molecule has 0 spiro atoms. The van der Waals surface area contributed by atoms with Gasteiger partial charge in [0.2, 0.25) is 0 Å². The van der Waals surface area contributed by atoms with E-state index in [2.05, 4.69) is 50.9 Å². The van der Waals surface area contributed by atoms with Crippen molar-refractivity contribution in [2.24, 2.45) is 4.99 Å². The molecule has 0 unspecified atom stereocenters. The monoisotopic (exact) mass is 207 g/mol. The Morgan fingerprint density at radius 3 is 2.36 bits per heavy atom. The van der Waals surface area contributed by atoms with E-state index in [1.54, 1.807) is 11.8 Å². The molecule has 0 aliphatic carbocycles. The molecule has 0 N–H and O–H groups in total. The van der Waals surface area contributed by atoms with Crippen LogP contribution in [0.2, 0.25) is 0 Å². The average Bonchev–Trinajstić information content (AvgIpc) is 2.15. The third-order valence-electron chi connectivity index (χ3n) is 2.22. The summed E-state index contributed by atoms with van der Waals surface area (Å²) < 4.78 is 0. The molecule has 76 valence electrons. The van der Waals surface area contributed by atoms with Gasteiger partial charge < -0.3 is 0 Å². The zero-order valence-corrected chi connectivity index (χ0v) is 10.1. The van der Waals surface area contributed by atoms with E-state index in [1.165, 1.54) is 10.5 Å². The van der Waals surface area contributed by atoms with Gasteiger partial charge >= 0.3 is 0 Å². The molecule has 0 aliphatic rings. The van der Waals surface area contributed by atoms with Crippen LogP contribution in [-0.4, -0.2) is 13.0 Å². The summed E-state index contributed by atoms with van der Waals surface area (Å²) in [5.41, 5.74) is 2.52. The largest absolute Gasteiger partial charge is 0.263 e. The van der Waals surface area contributed by atoms with Crippen LogP contribution >= 0.6 is 11.8 Å². The molecule has 0 aliphatic heterocycles. The zero-order valence-electron chi connectivity index (χ0n) is 9.29. The van der Waals surface area contributed by atoms with E-state index in [1.807, 2.05) is 6.07 Å². The molecule has 0 atom stereocenters. The maximum absolute atomic E-state index is 3.99. The fraction of sp³-hybridized carbons (Fsp3) is 0.417. The lowest BCUT2D eigenvalue weighted by Crippen LogP contribution is -2.10. The first kappa shape index (κ1) is 11.3. The molecule has 0 aromatic heterocycles. The number of aliphatic imine (C=N–C) groups is 1. The molecule has 1 aromatic carbocycles. The second-order valence-corrected chi connectivity index (χ2v) is 5.14. The third kappa shape index (κ3) is 2.38. The van der Waals surface area contributed by atoms with Crippen LogP contribution in [0.3, 0.4) is 0 Å². The van der Waals surface area contributed by atoms with E-state index >= 15 is 0 Å². The summed E-state index contributed by atoms with van der Waals surface area (Å²) in [5.74, 6) is 0. The minimum absolute atomic E-state index is 0.199. The summed E-state index contributed by atoms with van der Waals surface area (Å²) in [7, 11) is 0. The molecule has 1 nitrogen and oxygen atoms in total. The minimum atomic E-state index is 0.199. The van der Waals surface area contributed by atoms with Gasteiger partial charge in [-0.05, 0) is 36.1 Å².